The van der Waals surface area contributed by atoms with E-state index in [0.717, 1.165) is 0 Å². The van der Waals surface area contributed by atoms with Crippen LogP contribution in [0.2, 0.25) is 0 Å². The van der Waals surface area contributed by atoms with E-state index >= 15 is 0 Å². The van der Waals surface area contributed by atoms with Crippen molar-refractivity contribution in [3.8, 4) is 0 Å². The third-order valence-electron chi connectivity index (χ3n) is 2.08. The second kappa shape index (κ2) is 7.10. The molecule has 0 saturated carbocycles. The zero-order valence-corrected chi connectivity index (χ0v) is 12.2. The number of rotatable bonds is 8. The molecule has 0 rings (SSSR count). The van der Waals surface area contributed by atoms with E-state index in [1.54, 1.807) is 0 Å². The van der Waals surface area contributed by atoms with E-state index in [-0.39, 0.29) is 0 Å². The molecule has 20 heavy (non-hydrogen) atoms. The summed E-state index contributed by atoms with van der Waals surface area (Å²) < 4.78 is 99.1. The average molecular weight is 349 g/mol. The van der Waals surface area contributed by atoms with Crippen LogP contribution in [0.5, 0.6) is 0 Å². The molecule has 11 heteroatoms. The minimum absolute atomic E-state index is 0.461. The molecule has 0 aliphatic rings. The summed E-state index contributed by atoms with van der Waals surface area (Å²) in [5.41, 5.74) is -5.11. The van der Waals surface area contributed by atoms with E-state index in [4.69, 9.17) is 11.1 Å². The lowest BCUT2D eigenvalue weighted by Crippen LogP contribution is -2.63. The SMILES string of the molecule is CCO[Si](Cl)(OCC)C(F)(F)C(F)(F)CC(F)=C(F)F. The average Bonchev–Trinajstić information content (AvgIpc) is 2.28. The second-order valence-corrected chi connectivity index (χ2v) is 7.29. The molecular formula is C9H12ClF7O2Si. The zero-order valence-electron chi connectivity index (χ0n) is 10.5. The first-order valence-corrected chi connectivity index (χ1v) is 8.20. The molecule has 0 spiro atoms. The van der Waals surface area contributed by atoms with Gasteiger partial charge in [-0.1, -0.05) is 11.1 Å². The highest BCUT2D eigenvalue weighted by Crippen LogP contribution is 2.47. The van der Waals surface area contributed by atoms with Crippen LogP contribution in [0.3, 0.4) is 0 Å². The molecule has 0 aliphatic heterocycles. The van der Waals surface area contributed by atoms with Crippen LogP contribution in [-0.2, 0) is 8.85 Å². The fourth-order valence-electron chi connectivity index (χ4n) is 1.19. The highest BCUT2D eigenvalue weighted by molar-refractivity contribution is 7.14. The van der Waals surface area contributed by atoms with E-state index in [2.05, 4.69) is 8.85 Å². The van der Waals surface area contributed by atoms with Crippen molar-refractivity contribution in [2.45, 2.75) is 31.7 Å². The molecule has 0 saturated heterocycles. The molecule has 0 N–H and O–H groups in total. The van der Waals surface area contributed by atoms with Gasteiger partial charge in [0.05, 0.1) is 6.42 Å². The van der Waals surface area contributed by atoms with Gasteiger partial charge in [0.25, 0.3) is 0 Å². The van der Waals surface area contributed by atoms with Crippen LogP contribution in [0.25, 0.3) is 0 Å². The van der Waals surface area contributed by atoms with Gasteiger partial charge in [-0.05, 0) is 13.8 Å². The van der Waals surface area contributed by atoms with Crippen molar-refractivity contribution >= 4 is 18.9 Å². The summed E-state index contributed by atoms with van der Waals surface area (Å²) in [4.78, 5) is 0. The summed E-state index contributed by atoms with van der Waals surface area (Å²) in [5.74, 6) is -7.82. The van der Waals surface area contributed by atoms with Gasteiger partial charge in [-0.15, -0.1) is 0 Å². The molecule has 0 bridgehead atoms. The van der Waals surface area contributed by atoms with Gasteiger partial charge >= 0.3 is 25.4 Å². The molecule has 0 aromatic carbocycles. The minimum atomic E-state index is -5.26. The van der Waals surface area contributed by atoms with Crippen molar-refractivity contribution in [3.63, 3.8) is 0 Å². The summed E-state index contributed by atoms with van der Waals surface area (Å²) >= 11 is 5.32. The largest absolute Gasteiger partial charge is 0.524 e. The quantitative estimate of drug-likeness (QED) is 0.365. The van der Waals surface area contributed by atoms with Crippen LogP contribution in [0.4, 0.5) is 30.7 Å². The van der Waals surface area contributed by atoms with Crippen LogP contribution in [-0.4, -0.2) is 32.6 Å². The van der Waals surface area contributed by atoms with E-state index < -0.39 is 50.9 Å². The summed E-state index contributed by atoms with van der Waals surface area (Å²) in [6.45, 7) is 1.49. The number of alkyl halides is 4. The Kier molecular flexibility index (Phi) is 6.98. The Labute approximate surface area is 116 Å². The van der Waals surface area contributed by atoms with Gasteiger partial charge in [0.2, 0.25) is 0 Å². The zero-order chi connectivity index (χ0) is 16.2. The molecule has 0 radical (unpaired) electrons. The smallest absolute Gasteiger partial charge is 0.380 e. The molecule has 0 aliphatic carbocycles. The highest BCUT2D eigenvalue weighted by Gasteiger charge is 2.74. The lowest BCUT2D eigenvalue weighted by atomic mass is 10.2. The maximum Gasteiger partial charge on any atom is 0.524 e. The number of halogens is 8. The molecule has 0 heterocycles. The fourth-order valence-corrected chi connectivity index (χ4v) is 3.97. The molecular weight excluding hydrogens is 337 g/mol. The molecule has 0 fully saturated rings. The summed E-state index contributed by atoms with van der Waals surface area (Å²) in [6, 6.07) is 0. The molecule has 0 amide bonds. The predicted octanol–water partition coefficient (Wildman–Crippen LogP) is 4.51. The van der Waals surface area contributed by atoms with Crippen molar-refractivity contribution in [2.75, 3.05) is 13.2 Å². The van der Waals surface area contributed by atoms with Crippen molar-refractivity contribution in [1.82, 2.24) is 0 Å². The number of hydrogen-bond acceptors (Lipinski definition) is 2. The van der Waals surface area contributed by atoms with Gasteiger partial charge in [-0.3, -0.25) is 0 Å². The van der Waals surface area contributed by atoms with Gasteiger partial charge in [0.15, 0.2) is 5.83 Å². The van der Waals surface area contributed by atoms with Crippen LogP contribution in [0.1, 0.15) is 20.3 Å². The maximum absolute atomic E-state index is 13.7. The molecule has 120 valence electrons. The van der Waals surface area contributed by atoms with Gasteiger partial charge in [0, 0.05) is 13.2 Å². The molecule has 0 atom stereocenters. The van der Waals surface area contributed by atoms with Crippen molar-refractivity contribution in [3.05, 3.63) is 11.9 Å². The van der Waals surface area contributed by atoms with E-state index in [1.807, 2.05) is 0 Å². The molecule has 2 nitrogen and oxygen atoms in total. The first kappa shape index (κ1) is 19.7. The van der Waals surface area contributed by atoms with E-state index in [1.165, 1.54) is 13.8 Å². The summed E-state index contributed by atoms with van der Waals surface area (Å²) in [7, 11) is -5.26. The Hall–Kier alpha value is -0.323. The van der Waals surface area contributed by atoms with Crippen LogP contribution in [0.15, 0.2) is 11.9 Å². The first-order chi connectivity index (χ1) is 8.95. The minimum Gasteiger partial charge on any atom is -0.380 e. The van der Waals surface area contributed by atoms with Crippen LogP contribution in [0, 0.1) is 0 Å². The number of hydrogen-bond donors (Lipinski definition) is 0. The van der Waals surface area contributed by atoms with Crippen molar-refractivity contribution in [2.24, 2.45) is 0 Å². The summed E-state index contributed by atoms with van der Waals surface area (Å²) in [6.07, 6.45) is -5.60. The Morgan fingerprint density at radius 3 is 1.70 bits per heavy atom. The van der Waals surface area contributed by atoms with E-state index in [9.17, 15) is 30.7 Å². The Balaban J connectivity index is 5.49. The van der Waals surface area contributed by atoms with Crippen molar-refractivity contribution in [1.29, 1.82) is 0 Å². The summed E-state index contributed by atoms with van der Waals surface area (Å²) in [5, 5.41) is 0. The molecule has 0 aromatic heterocycles. The molecule has 0 aromatic rings. The van der Waals surface area contributed by atoms with Gasteiger partial charge in [0.1, 0.15) is 0 Å². The second-order valence-electron chi connectivity index (χ2n) is 3.52. The van der Waals surface area contributed by atoms with Crippen molar-refractivity contribution < 1.29 is 39.6 Å². The Morgan fingerprint density at radius 1 is 1.00 bits per heavy atom. The molecule has 0 unspecified atom stereocenters. The van der Waals surface area contributed by atoms with Gasteiger partial charge in [-0.25, -0.2) is 4.39 Å². The van der Waals surface area contributed by atoms with Crippen LogP contribution < -0.4 is 0 Å². The van der Waals surface area contributed by atoms with E-state index in [0.29, 0.717) is 0 Å². The third-order valence-corrected chi connectivity index (χ3v) is 5.88. The maximum atomic E-state index is 13.7. The lowest BCUT2D eigenvalue weighted by Gasteiger charge is -2.35. The van der Waals surface area contributed by atoms with Gasteiger partial charge < -0.3 is 8.85 Å². The number of allylic oxidation sites excluding steroid dienone is 1. The topological polar surface area (TPSA) is 18.5 Å². The standard InChI is InChI=1S/C9H12ClF7O2Si/c1-3-18-20(10,19-4-2)9(16,17)8(14,15)5-6(11)7(12)13/h3-5H2,1-2H3. The third kappa shape index (κ3) is 4.09. The predicted molar refractivity (Wildman–Crippen MR) is 59.7 cm³/mol. The van der Waals surface area contributed by atoms with Gasteiger partial charge in [-0.2, -0.15) is 26.3 Å². The lowest BCUT2D eigenvalue weighted by molar-refractivity contribution is -0.181. The van der Waals surface area contributed by atoms with Crippen LogP contribution >= 0.6 is 11.1 Å². The Bertz CT molecular complexity index is 354. The monoisotopic (exact) mass is 348 g/mol. The Morgan fingerprint density at radius 2 is 1.40 bits per heavy atom. The first-order valence-electron chi connectivity index (χ1n) is 5.37. The fraction of sp³-hybridized carbons (Fsp3) is 0.778. The highest BCUT2D eigenvalue weighted by atomic mass is 35.6. The normalized spacial score (nSPS) is 13.5.